The average molecular weight is 366 g/mol. The van der Waals surface area contributed by atoms with Crippen LogP contribution in [0.1, 0.15) is 35.9 Å². The second kappa shape index (κ2) is 8.35. The van der Waals surface area contributed by atoms with Gasteiger partial charge in [-0.1, -0.05) is 31.5 Å². The van der Waals surface area contributed by atoms with Crippen molar-refractivity contribution in [3.63, 3.8) is 0 Å². The zero-order chi connectivity index (χ0) is 15.1. The van der Waals surface area contributed by atoms with Crippen LogP contribution in [0.4, 0.5) is 5.69 Å². The number of carbonyl (C=O) groups is 1. The van der Waals surface area contributed by atoms with Gasteiger partial charge in [0.25, 0.3) is 0 Å². The van der Waals surface area contributed by atoms with Gasteiger partial charge in [-0.3, -0.25) is 4.79 Å². The van der Waals surface area contributed by atoms with Crippen molar-refractivity contribution in [3.8, 4) is 0 Å². The summed E-state index contributed by atoms with van der Waals surface area (Å²) in [5.74, 6) is 0.225. The van der Waals surface area contributed by atoms with Gasteiger partial charge < -0.3 is 4.90 Å². The van der Waals surface area contributed by atoms with Gasteiger partial charge in [0.15, 0.2) is 5.78 Å². The maximum atomic E-state index is 12.2. The highest BCUT2D eigenvalue weighted by Gasteiger charge is 2.12. The summed E-state index contributed by atoms with van der Waals surface area (Å²) in [5, 5.41) is 0. The standard InChI is InChI=1S/C17H20BrNOS/c1-2-3-12-19(14-7-5-4-6-8-14)13-11-15(20)16-9-10-17(18)21-16/h4-10H,2-3,11-13H2,1H3. The number of para-hydroxylation sites is 1. The lowest BCUT2D eigenvalue weighted by Gasteiger charge is -2.24. The van der Waals surface area contributed by atoms with E-state index >= 15 is 0 Å². The Hall–Kier alpha value is -1.13. The number of hydrogen-bond acceptors (Lipinski definition) is 3. The van der Waals surface area contributed by atoms with Crippen LogP contribution < -0.4 is 4.90 Å². The summed E-state index contributed by atoms with van der Waals surface area (Å²) in [4.78, 5) is 15.4. The molecule has 4 heteroatoms. The molecule has 0 amide bonds. The number of halogens is 1. The van der Waals surface area contributed by atoms with Crippen molar-refractivity contribution in [2.24, 2.45) is 0 Å². The molecule has 1 aromatic carbocycles. The maximum Gasteiger partial charge on any atom is 0.174 e. The molecule has 0 radical (unpaired) electrons. The predicted octanol–water partition coefficient (Wildman–Crippen LogP) is 5.39. The zero-order valence-corrected chi connectivity index (χ0v) is 14.6. The number of carbonyl (C=O) groups excluding carboxylic acids is 1. The van der Waals surface area contributed by atoms with Crippen molar-refractivity contribution < 1.29 is 4.79 Å². The van der Waals surface area contributed by atoms with Crippen LogP contribution in [0.15, 0.2) is 46.3 Å². The third-order valence-corrected chi connectivity index (χ3v) is 5.02. The number of thiophene rings is 1. The Morgan fingerprint density at radius 2 is 1.90 bits per heavy atom. The fraction of sp³-hybridized carbons (Fsp3) is 0.353. The van der Waals surface area contributed by atoms with E-state index in [4.69, 9.17) is 0 Å². The van der Waals surface area contributed by atoms with Crippen LogP contribution in [0.25, 0.3) is 0 Å². The van der Waals surface area contributed by atoms with Gasteiger partial charge in [0, 0.05) is 25.2 Å². The van der Waals surface area contributed by atoms with E-state index in [1.165, 1.54) is 17.0 Å². The lowest BCUT2D eigenvalue weighted by Crippen LogP contribution is -2.27. The minimum atomic E-state index is 0.225. The van der Waals surface area contributed by atoms with Crippen molar-refractivity contribution in [2.45, 2.75) is 26.2 Å². The van der Waals surface area contributed by atoms with Gasteiger partial charge in [-0.25, -0.2) is 0 Å². The molecule has 2 nitrogen and oxygen atoms in total. The molecule has 0 fully saturated rings. The van der Waals surface area contributed by atoms with Gasteiger partial charge in [0.1, 0.15) is 0 Å². The van der Waals surface area contributed by atoms with Gasteiger partial charge >= 0.3 is 0 Å². The van der Waals surface area contributed by atoms with E-state index in [9.17, 15) is 4.79 Å². The molecule has 21 heavy (non-hydrogen) atoms. The number of hydrogen-bond donors (Lipinski definition) is 0. The molecule has 0 N–H and O–H groups in total. The molecule has 0 saturated carbocycles. The van der Waals surface area contributed by atoms with Crippen LogP contribution in [0, 0.1) is 0 Å². The number of rotatable bonds is 8. The summed E-state index contributed by atoms with van der Waals surface area (Å²) >= 11 is 4.92. The lowest BCUT2D eigenvalue weighted by molar-refractivity contribution is 0.0988. The van der Waals surface area contributed by atoms with Crippen molar-refractivity contribution in [2.75, 3.05) is 18.0 Å². The first-order chi connectivity index (χ1) is 10.2. The number of unbranched alkanes of at least 4 members (excludes halogenated alkanes) is 1. The number of ketones is 1. The number of anilines is 1. The number of nitrogens with zero attached hydrogens (tertiary/aromatic N) is 1. The summed E-state index contributed by atoms with van der Waals surface area (Å²) in [7, 11) is 0. The highest BCUT2D eigenvalue weighted by molar-refractivity contribution is 9.11. The third kappa shape index (κ3) is 4.97. The molecule has 0 aliphatic carbocycles. The second-order valence-electron chi connectivity index (χ2n) is 4.95. The normalized spacial score (nSPS) is 10.6. The molecule has 112 valence electrons. The molecular weight excluding hydrogens is 346 g/mol. The molecule has 1 aromatic heterocycles. The highest BCUT2D eigenvalue weighted by atomic mass is 79.9. The Bertz CT molecular complexity index is 567. The maximum absolute atomic E-state index is 12.2. The molecule has 0 spiro atoms. The second-order valence-corrected chi connectivity index (χ2v) is 7.42. The topological polar surface area (TPSA) is 20.3 Å². The summed E-state index contributed by atoms with van der Waals surface area (Å²) < 4.78 is 1.01. The van der Waals surface area contributed by atoms with Gasteiger partial charge in [0.2, 0.25) is 0 Å². The Kier molecular flexibility index (Phi) is 6.46. The van der Waals surface area contributed by atoms with Gasteiger partial charge in [0.05, 0.1) is 8.66 Å². The van der Waals surface area contributed by atoms with Gasteiger partial charge in [-0.2, -0.15) is 0 Å². The van der Waals surface area contributed by atoms with Gasteiger partial charge in [-0.05, 0) is 46.6 Å². The monoisotopic (exact) mass is 365 g/mol. The van der Waals surface area contributed by atoms with Crippen LogP contribution in [0.3, 0.4) is 0 Å². The molecule has 1 heterocycles. The van der Waals surface area contributed by atoms with Crippen molar-refractivity contribution in [1.82, 2.24) is 0 Å². The SMILES string of the molecule is CCCCN(CCC(=O)c1ccc(Br)s1)c1ccccc1. The predicted molar refractivity (Wildman–Crippen MR) is 94.5 cm³/mol. The van der Waals surface area contributed by atoms with E-state index in [2.05, 4.69) is 39.9 Å². The van der Waals surface area contributed by atoms with Gasteiger partial charge in [-0.15, -0.1) is 11.3 Å². The molecule has 2 aromatic rings. The van der Waals surface area contributed by atoms with E-state index in [0.29, 0.717) is 6.42 Å². The fourth-order valence-electron chi connectivity index (χ4n) is 2.18. The lowest BCUT2D eigenvalue weighted by atomic mass is 10.2. The minimum absolute atomic E-state index is 0.225. The van der Waals surface area contributed by atoms with E-state index in [1.807, 2.05) is 30.3 Å². The molecule has 2 rings (SSSR count). The quantitative estimate of drug-likeness (QED) is 0.584. The van der Waals surface area contributed by atoms with Crippen LogP contribution in [0.5, 0.6) is 0 Å². The number of benzene rings is 1. The molecule has 0 saturated heterocycles. The van der Waals surface area contributed by atoms with E-state index in [-0.39, 0.29) is 5.78 Å². The third-order valence-electron chi connectivity index (χ3n) is 3.36. The van der Waals surface area contributed by atoms with E-state index in [1.54, 1.807) is 0 Å². The summed E-state index contributed by atoms with van der Waals surface area (Å²) in [6, 6.07) is 14.2. The minimum Gasteiger partial charge on any atom is -0.371 e. The first kappa shape index (κ1) is 16.2. The van der Waals surface area contributed by atoms with Crippen molar-refractivity contribution in [1.29, 1.82) is 0 Å². The fourth-order valence-corrected chi connectivity index (χ4v) is 3.54. The molecule has 0 unspecified atom stereocenters. The van der Waals surface area contributed by atoms with E-state index in [0.717, 1.165) is 34.6 Å². The van der Waals surface area contributed by atoms with Crippen LogP contribution in [-0.4, -0.2) is 18.9 Å². The number of Topliss-reactive ketones (excluding diaryl/α,β-unsaturated/α-hetero) is 1. The van der Waals surface area contributed by atoms with Crippen LogP contribution >= 0.6 is 27.3 Å². The highest BCUT2D eigenvalue weighted by Crippen LogP contribution is 2.23. The average Bonchev–Trinajstić information content (AvgIpc) is 2.95. The summed E-state index contributed by atoms with van der Waals surface area (Å²) in [6.07, 6.45) is 2.87. The molecule has 0 aliphatic heterocycles. The summed E-state index contributed by atoms with van der Waals surface area (Å²) in [5.41, 5.74) is 1.20. The molecular formula is C17H20BrNOS. The Morgan fingerprint density at radius 1 is 1.14 bits per heavy atom. The largest absolute Gasteiger partial charge is 0.371 e. The van der Waals surface area contributed by atoms with E-state index < -0.39 is 0 Å². The van der Waals surface area contributed by atoms with Crippen molar-refractivity contribution in [3.05, 3.63) is 51.1 Å². The summed E-state index contributed by atoms with van der Waals surface area (Å²) in [6.45, 7) is 3.97. The van der Waals surface area contributed by atoms with Crippen LogP contribution in [0.2, 0.25) is 0 Å². The Labute approximate surface area is 138 Å². The molecule has 0 aliphatic rings. The first-order valence-electron chi connectivity index (χ1n) is 7.29. The molecule has 0 atom stereocenters. The molecule has 0 bridgehead atoms. The smallest absolute Gasteiger partial charge is 0.174 e. The van der Waals surface area contributed by atoms with Crippen molar-refractivity contribution >= 4 is 38.7 Å². The first-order valence-corrected chi connectivity index (χ1v) is 8.90. The Morgan fingerprint density at radius 3 is 2.52 bits per heavy atom. The zero-order valence-electron chi connectivity index (χ0n) is 12.2. The van der Waals surface area contributed by atoms with Crippen LogP contribution in [-0.2, 0) is 0 Å². The Balaban J connectivity index is 1.97.